The van der Waals surface area contributed by atoms with Gasteiger partial charge in [0, 0.05) is 24.2 Å². The van der Waals surface area contributed by atoms with Gasteiger partial charge in [0.1, 0.15) is 5.82 Å². The molecule has 0 bridgehead atoms. The molecule has 0 spiro atoms. The van der Waals surface area contributed by atoms with Gasteiger partial charge in [-0.1, -0.05) is 48.5 Å². The van der Waals surface area contributed by atoms with Crippen LogP contribution < -0.4 is 5.32 Å². The van der Waals surface area contributed by atoms with Crippen LogP contribution in [0.4, 0.5) is 5.82 Å². The molecule has 2 aliphatic heterocycles. The van der Waals surface area contributed by atoms with Crippen molar-refractivity contribution in [2.75, 3.05) is 38.0 Å². The lowest BCUT2D eigenvalue weighted by molar-refractivity contribution is -0.117. The van der Waals surface area contributed by atoms with Gasteiger partial charge in [-0.3, -0.25) is 9.69 Å². The van der Waals surface area contributed by atoms with Gasteiger partial charge in [-0.25, -0.2) is 4.68 Å². The zero-order chi connectivity index (χ0) is 21.8. The highest BCUT2D eigenvalue weighted by Crippen LogP contribution is 2.25. The summed E-state index contributed by atoms with van der Waals surface area (Å²) in [6.45, 7) is 4.93. The fourth-order valence-electron chi connectivity index (χ4n) is 4.93. The first-order valence-electron chi connectivity index (χ1n) is 11.7. The molecule has 1 unspecified atom stereocenters. The van der Waals surface area contributed by atoms with Gasteiger partial charge in [0.05, 0.1) is 17.9 Å². The molecule has 1 aromatic heterocycles. The lowest BCUT2D eigenvalue weighted by atomic mass is 10.1. The van der Waals surface area contributed by atoms with Gasteiger partial charge in [-0.2, -0.15) is 5.10 Å². The Labute approximate surface area is 189 Å². The summed E-state index contributed by atoms with van der Waals surface area (Å²) in [4.78, 5) is 18.0. The standard InChI is InChI=1S/C26H31N5O/c32-26(20-30-17-9-14-23(30)19-29-15-7-8-16-29)27-25-18-24(21-10-3-1-4-11-21)28-31(25)22-12-5-2-6-13-22/h1-6,10-13,18,23H,7-9,14-17,19-20H2,(H,27,32). The van der Waals surface area contributed by atoms with E-state index in [4.69, 9.17) is 5.10 Å². The third-order valence-corrected chi connectivity index (χ3v) is 6.56. The number of rotatable bonds is 7. The molecule has 2 fully saturated rings. The second kappa shape index (κ2) is 9.67. The minimum absolute atomic E-state index is 0.0232. The third kappa shape index (κ3) is 4.76. The van der Waals surface area contributed by atoms with E-state index in [1.807, 2.05) is 71.4 Å². The molecule has 6 nitrogen and oxygen atoms in total. The van der Waals surface area contributed by atoms with E-state index >= 15 is 0 Å². The first kappa shape index (κ1) is 20.9. The monoisotopic (exact) mass is 429 g/mol. The summed E-state index contributed by atoms with van der Waals surface area (Å²) in [6.07, 6.45) is 4.97. The van der Waals surface area contributed by atoms with E-state index in [2.05, 4.69) is 15.1 Å². The van der Waals surface area contributed by atoms with E-state index in [1.54, 1.807) is 0 Å². The topological polar surface area (TPSA) is 53.4 Å². The third-order valence-electron chi connectivity index (χ3n) is 6.56. The number of likely N-dealkylation sites (tertiary alicyclic amines) is 2. The molecule has 2 saturated heterocycles. The Balaban J connectivity index is 1.32. The average Bonchev–Trinajstić information content (AvgIpc) is 3.58. The number of aromatic nitrogens is 2. The van der Waals surface area contributed by atoms with E-state index in [9.17, 15) is 4.79 Å². The van der Waals surface area contributed by atoms with Crippen LogP contribution in [-0.4, -0.2) is 64.3 Å². The Morgan fingerprint density at radius 3 is 2.41 bits per heavy atom. The Morgan fingerprint density at radius 1 is 0.938 bits per heavy atom. The lowest BCUT2D eigenvalue weighted by Crippen LogP contribution is -2.42. The van der Waals surface area contributed by atoms with Crippen LogP contribution in [0.2, 0.25) is 0 Å². The smallest absolute Gasteiger partial charge is 0.239 e. The lowest BCUT2D eigenvalue weighted by Gasteiger charge is -2.27. The van der Waals surface area contributed by atoms with Crippen molar-refractivity contribution in [3.63, 3.8) is 0 Å². The molecule has 166 valence electrons. The Hall–Kier alpha value is -2.96. The number of para-hydroxylation sites is 1. The molecule has 1 atom stereocenters. The molecule has 0 saturated carbocycles. The van der Waals surface area contributed by atoms with Crippen LogP contribution in [-0.2, 0) is 4.79 Å². The predicted molar refractivity (Wildman–Crippen MR) is 128 cm³/mol. The largest absolute Gasteiger partial charge is 0.309 e. The maximum atomic E-state index is 13.1. The van der Waals surface area contributed by atoms with Gasteiger partial charge in [0.15, 0.2) is 0 Å². The van der Waals surface area contributed by atoms with Crippen LogP contribution >= 0.6 is 0 Å². The zero-order valence-electron chi connectivity index (χ0n) is 18.5. The summed E-state index contributed by atoms with van der Waals surface area (Å²) < 4.78 is 1.83. The summed E-state index contributed by atoms with van der Waals surface area (Å²) in [7, 11) is 0. The fraction of sp³-hybridized carbons (Fsp3) is 0.385. The van der Waals surface area contributed by atoms with Gasteiger partial charge in [-0.05, 0) is 57.5 Å². The average molecular weight is 430 g/mol. The summed E-state index contributed by atoms with van der Waals surface area (Å²) in [5, 5.41) is 7.95. The summed E-state index contributed by atoms with van der Waals surface area (Å²) in [5.74, 6) is 0.727. The SMILES string of the molecule is O=C(CN1CCCC1CN1CCCC1)Nc1cc(-c2ccccc2)nn1-c1ccccc1. The minimum atomic E-state index is 0.0232. The van der Waals surface area contributed by atoms with Crippen LogP contribution in [0.5, 0.6) is 0 Å². The predicted octanol–water partition coefficient (Wildman–Crippen LogP) is 4.04. The van der Waals surface area contributed by atoms with Gasteiger partial charge in [0.2, 0.25) is 5.91 Å². The fourth-order valence-corrected chi connectivity index (χ4v) is 4.93. The van der Waals surface area contributed by atoms with Crippen molar-refractivity contribution in [1.82, 2.24) is 19.6 Å². The number of amides is 1. The van der Waals surface area contributed by atoms with E-state index in [0.29, 0.717) is 18.4 Å². The van der Waals surface area contributed by atoms with Crippen LogP contribution in [0, 0.1) is 0 Å². The van der Waals surface area contributed by atoms with E-state index in [-0.39, 0.29) is 5.91 Å². The second-order valence-electron chi connectivity index (χ2n) is 8.85. The maximum absolute atomic E-state index is 13.1. The Morgan fingerprint density at radius 2 is 1.66 bits per heavy atom. The molecular weight excluding hydrogens is 398 g/mol. The summed E-state index contributed by atoms with van der Waals surface area (Å²) in [6, 6.07) is 22.5. The number of benzene rings is 2. The number of hydrogen-bond acceptors (Lipinski definition) is 4. The Kier molecular flexibility index (Phi) is 6.32. The molecule has 5 rings (SSSR count). The van der Waals surface area contributed by atoms with Gasteiger partial charge in [0.25, 0.3) is 0 Å². The molecule has 2 aromatic carbocycles. The van der Waals surface area contributed by atoms with Crippen molar-refractivity contribution >= 4 is 11.7 Å². The Bertz CT molecular complexity index is 1030. The van der Waals surface area contributed by atoms with Gasteiger partial charge in [-0.15, -0.1) is 0 Å². The highest BCUT2D eigenvalue weighted by molar-refractivity contribution is 5.92. The summed E-state index contributed by atoms with van der Waals surface area (Å²) in [5.41, 5.74) is 2.80. The number of nitrogens with zero attached hydrogens (tertiary/aromatic N) is 4. The number of anilines is 1. The van der Waals surface area contributed by atoms with Crippen molar-refractivity contribution < 1.29 is 4.79 Å². The van der Waals surface area contributed by atoms with Crippen LogP contribution in [0.25, 0.3) is 16.9 Å². The minimum Gasteiger partial charge on any atom is -0.309 e. The van der Waals surface area contributed by atoms with Crippen molar-refractivity contribution in [3.05, 3.63) is 66.7 Å². The van der Waals surface area contributed by atoms with Gasteiger partial charge >= 0.3 is 0 Å². The number of nitrogens with one attached hydrogen (secondary N) is 1. The first-order chi connectivity index (χ1) is 15.8. The molecule has 3 aromatic rings. The van der Waals surface area contributed by atoms with Crippen molar-refractivity contribution in [3.8, 4) is 16.9 Å². The first-order valence-corrected chi connectivity index (χ1v) is 11.7. The van der Waals surface area contributed by atoms with E-state index in [1.165, 1.54) is 38.8 Å². The number of carbonyl (C=O) groups is 1. The molecule has 2 aliphatic rings. The molecule has 1 amide bonds. The van der Waals surface area contributed by atoms with Crippen molar-refractivity contribution in [2.24, 2.45) is 0 Å². The highest BCUT2D eigenvalue weighted by Gasteiger charge is 2.29. The van der Waals surface area contributed by atoms with Crippen molar-refractivity contribution in [1.29, 1.82) is 0 Å². The molecule has 1 N–H and O–H groups in total. The van der Waals surface area contributed by atoms with Crippen LogP contribution in [0.15, 0.2) is 66.7 Å². The van der Waals surface area contributed by atoms with Crippen LogP contribution in [0.3, 0.4) is 0 Å². The number of hydrogen-bond donors (Lipinski definition) is 1. The second-order valence-corrected chi connectivity index (χ2v) is 8.85. The molecular formula is C26H31N5O. The van der Waals surface area contributed by atoms with Gasteiger partial charge < -0.3 is 10.2 Å². The molecule has 32 heavy (non-hydrogen) atoms. The quantitative estimate of drug-likeness (QED) is 0.616. The van der Waals surface area contributed by atoms with Crippen molar-refractivity contribution in [2.45, 2.75) is 31.7 Å². The van der Waals surface area contributed by atoms with Crippen LogP contribution in [0.1, 0.15) is 25.7 Å². The highest BCUT2D eigenvalue weighted by atomic mass is 16.2. The molecule has 3 heterocycles. The molecule has 6 heteroatoms. The zero-order valence-corrected chi connectivity index (χ0v) is 18.5. The van der Waals surface area contributed by atoms with E-state index in [0.717, 1.165) is 30.0 Å². The molecule has 0 aliphatic carbocycles. The molecule has 0 radical (unpaired) electrons. The maximum Gasteiger partial charge on any atom is 0.239 e. The normalized spacial score (nSPS) is 19.4. The summed E-state index contributed by atoms with van der Waals surface area (Å²) >= 11 is 0. The number of carbonyl (C=O) groups excluding carboxylic acids is 1. The van der Waals surface area contributed by atoms with E-state index < -0.39 is 0 Å².